The zero-order valence-electron chi connectivity index (χ0n) is 15.7. The molecule has 0 aromatic heterocycles. The molecule has 0 aromatic carbocycles. The largest absolute Gasteiger partial charge is 0.481 e. The van der Waals surface area contributed by atoms with Crippen LogP contribution in [0.25, 0.3) is 0 Å². The van der Waals surface area contributed by atoms with E-state index in [9.17, 15) is 19.2 Å². The lowest BCUT2D eigenvalue weighted by molar-refractivity contribution is -0.138. The van der Waals surface area contributed by atoms with Crippen LogP contribution in [0.5, 0.6) is 0 Å². The predicted molar refractivity (Wildman–Crippen MR) is 92.8 cm³/mol. The van der Waals surface area contributed by atoms with Gasteiger partial charge in [0.05, 0.1) is 0 Å². The Bertz CT molecular complexity index is 509. The van der Waals surface area contributed by atoms with Crippen LogP contribution >= 0.6 is 0 Å². The average molecular weight is 372 g/mol. The van der Waals surface area contributed by atoms with E-state index in [1.54, 1.807) is 0 Å². The summed E-state index contributed by atoms with van der Waals surface area (Å²) < 4.78 is 0. The third-order valence-corrected chi connectivity index (χ3v) is 3.37. The van der Waals surface area contributed by atoms with Gasteiger partial charge in [0.1, 0.15) is 0 Å². The molecular weight excluding hydrogens is 344 g/mol. The van der Waals surface area contributed by atoms with E-state index in [1.807, 2.05) is 0 Å². The molecule has 4 N–H and O–H groups in total. The molecule has 0 saturated carbocycles. The molecule has 148 valence electrons. The Balaban J connectivity index is 4.55. The maximum absolute atomic E-state index is 12.1. The molecule has 0 aliphatic carbocycles. The van der Waals surface area contributed by atoms with Gasteiger partial charge in [0.15, 0.2) is 11.1 Å². The van der Waals surface area contributed by atoms with Crippen molar-refractivity contribution in [3.63, 3.8) is 0 Å². The molecule has 0 atom stereocenters. The molecule has 10 heteroatoms. The lowest BCUT2D eigenvalue weighted by Gasteiger charge is -2.22. The molecule has 0 aliphatic rings. The van der Waals surface area contributed by atoms with Crippen LogP contribution in [0, 0.1) is 0 Å². The molecule has 0 aromatic rings. The van der Waals surface area contributed by atoms with Gasteiger partial charge >= 0.3 is 11.9 Å². The Kier molecular flexibility index (Phi) is 9.45. The number of azo groups is 1. The van der Waals surface area contributed by atoms with Crippen molar-refractivity contribution in [2.24, 2.45) is 10.2 Å². The minimum atomic E-state index is -1.22. The highest BCUT2D eigenvalue weighted by atomic mass is 16.4. The van der Waals surface area contributed by atoms with Crippen molar-refractivity contribution in [3.8, 4) is 0 Å². The number of carbonyl (C=O) groups excluding carboxylic acids is 2. The van der Waals surface area contributed by atoms with Gasteiger partial charge in [-0.1, -0.05) is 0 Å². The second-order valence-corrected chi connectivity index (χ2v) is 6.82. The van der Waals surface area contributed by atoms with Gasteiger partial charge in [-0.2, -0.15) is 10.2 Å². The van der Waals surface area contributed by atoms with Crippen molar-refractivity contribution < 1.29 is 29.4 Å². The molecule has 0 heterocycles. The van der Waals surface area contributed by atoms with Crippen molar-refractivity contribution in [1.29, 1.82) is 0 Å². The lowest BCUT2D eigenvalue weighted by atomic mass is 10.0. The number of carboxylic acids is 2. The number of carbonyl (C=O) groups is 4. The fraction of sp³-hybridized carbons (Fsp3) is 0.750. The summed E-state index contributed by atoms with van der Waals surface area (Å²) in [6.07, 6.45) is 0.520. The van der Waals surface area contributed by atoms with E-state index < -0.39 is 34.8 Å². The highest BCUT2D eigenvalue weighted by molar-refractivity contribution is 5.86. The molecule has 0 unspecified atom stereocenters. The van der Waals surface area contributed by atoms with Crippen LogP contribution in [-0.4, -0.2) is 58.1 Å². The number of hydrogen-bond acceptors (Lipinski definition) is 6. The van der Waals surface area contributed by atoms with Crippen LogP contribution in [-0.2, 0) is 19.2 Å². The summed E-state index contributed by atoms with van der Waals surface area (Å²) in [7, 11) is 0. The van der Waals surface area contributed by atoms with Gasteiger partial charge in [-0.05, 0) is 40.5 Å². The van der Waals surface area contributed by atoms with E-state index in [0.29, 0.717) is 12.8 Å². The highest BCUT2D eigenvalue weighted by Gasteiger charge is 2.31. The number of rotatable bonds is 12. The second kappa shape index (κ2) is 10.5. The summed E-state index contributed by atoms with van der Waals surface area (Å²) in [5.41, 5.74) is -2.44. The zero-order chi connectivity index (χ0) is 20.4. The SMILES string of the molecule is CC(C)(N=NC(C)(C)C(=O)NCCCC(=O)O)C(=O)NCCCC(=O)O. The number of amides is 2. The predicted octanol–water partition coefficient (Wildman–Crippen LogP) is 0.958. The third-order valence-electron chi connectivity index (χ3n) is 3.37. The lowest BCUT2D eigenvalue weighted by Crippen LogP contribution is -2.43. The van der Waals surface area contributed by atoms with Crippen molar-refractivity contribution in [3.05, 3.63) is 0 Å². The van der Waals surface area contributed by atoms with Crippen LogP contribution in [0.2, 0.25) is 0 Å². The summed E-state index contributed by atoms with van der Waals surface area (Å²) in [4.78, 5) is 45.1. The Hall–Kier alpha value is -2.52. The first-order valence-electron chi connectivity index (χ1n) is 8.33. The molecule has 0 bridgehead atoms. The fourth-order valence-electron chi connectivity index (χ4n) is 1.66. The summed E-state index contributed by atoms with van der Waals surface area (Å²) in [6, 6.07) is 0. The smallest absolute Gasteiger partial charge is 0.303 e. The molecule has 0 spiro atoms. The Morgan fingerprint density at radius 3 is 1.31 bits per heavy atom. The molecule has 26 heavy (non-hydrogen) atoms. The summed E-state index contributed by atoms with van der Waals surface area (Å²) in [5.74, 6) is -2.72. The third kappa shape index (κ3) is 9.70. The van der Waals surface area contributed by atoms with E-state index in [-0.39, 0.29) is 25.9 Å². The number of hydrogen-bond donors (Lipinski definition) is 4. The molecule has 0 aliphatic heterocycles. The molecule has 0 fully saturated rings. The van der Waals surface area contributed by atoms with Crippen LogP contribution < -0.4 is 10.6 Å². The Morgan fingerprint density at radius 2 is 1.04 bits per heavy atom. The summed E-state index contributed by atoms with van der Waals surface area (Å²) in [5, 5.41) is 30.2. The molecule has 0 radical (unpaired) electrons. The number of carboxylic acid groups (broad SMARTS) is 2. The first-order chi connectivity index (χ1) is 11.9. The Labute approximate surface area is 152 Å². The van der Waals surface area contributed by atoms with Crippen molar-refractivity contribution >= 4 is 23.8 Å². The van der Waals surface area contributed by atoms with Gasteiger partial charge in [-0.3, -0.25) is 19.2 Å². The van der Waals surface area contributed by atoms with Crippen LogP contribution in [0.15, 0.2) is 10.2 Å². The van der Waals surface area contributed by atoms with Gasteiger partial charge < -0.3 is 20.8 Å². The zero-order valence-corrected chi connectivity index (χ0v) is 15.7. The first kappa shape index (κ1) is 23.5. The number of nitrogens with one attached hydrogen (secondary N) is 2. The van der Waals surface area contributed by atoms with Crippen LogP contribution in [0.3, 0.4) is 0 Å². The van der Waals surface area contributed by atoms with Gasteiger partial charge in [-0.25, -0.2) is 0 Å². The van der Waals surface area contributed by atoms with Crippen molar-refractivity contribution in [1.82, 2.24) is 10.6 Å². The molecule has 0 rings (SSSR count). The van der Waals surface area contributed by atoms with Gasteiger partial charge in [0.2, 0.25) is 11.8 Å². The summed E-state index contributed by atoms with van der Waals surface area (Å²) >= 11 is 0. The van der Waals surface area contributed by atoms with Crippen molar-refractivity contribution in [2.75, 3.05) is 13.1 Å². The monoisotopic (exact) mass is 372 g/mol. The maximum atomic E-state index is 12.1. The van der Waals surface area contributed by atoms with E-state index >= 15 is 0 Å². The van der Waals surface area contributed by atoms with Crippen LogP contribution in [0.4, 0.5) is 0 Å². The molecule has 10 nitrogen and oxygen atoms in total. The van der Waals surface area contributed by atoms with E-state index in [4.69, 9.17) is 10.2 Å². The van der Waals surface area contributed by atoms with Gasteiger partial charge in [0, 0.05) is 25.9 Å². The van der Waals surface area contributed by atoms with Gasteiger partial charge in [-0.15, -0.1) is 0 Å². The minimum Gasteiger partial charge on any atom is -0.481 e. The molecule has 0 saturated heterocycles. The molecule has 2 amide bonds. The minimum absolute atomic E-state index is 0.0443. The topological polar surface area (TPSA) is 158 Å². The maximum Gasteiger partial charge on any atom is 0.303 e. The van der Waals surface area contributed by atoms with Crippen LogP contribution in [0.1, 0.15) is 53.4 Å². The Morgan fingerprint density at radius 1 is 0.731 bits per heavy atom. The fourth-order valence-corrected chi connectivity index (χ4v) is 1.66. The standard InChI is InChI=1S/C16H28N4O6/c1-15(2,13(25)17-9-5-7-11(21)22)19-20-16(3,4)14(26)18-10-6-8-12(23)24/h5-10H2,1-4H3,(H,17,25)(H,18,26)(H,21,22)(H,23,24). The number of nitrogens with zero attached hydrogens (tertiary/aromatic N) is 2. The van der Waals surface area contributed by atoms with E-state index in [2.05, 4.69) is 20.9 Å². The molecular formula is C16H28N4O6. The normalized spacial score (nSPS) is 12.0. The van der Waals surface area contributed by atoms with E-state index in [1.165, 1.54) is 27.7 Å². The van der Waals surface area contributed by atoms with Gasteiger partial charge in [0.25, 0.3) is 0 Å². The number of aliphatic carboxylic acids is 2. The van der Waals surface area contributed by atoms with E-state index in [0.717, 1.165) is 0 Å². The summed E-state index contributed by atoms with van der Waals surface area (Å²) in [6.45, 7) is 6.54. The first-order valence-corrected chi connectivity index (χ1v) is 8.33. The quantitative estimate of drug-likeness (QED) is 0.295. The highest BCUT2D eigenvalue weighted by Crippen LogP contribution is 2.16. The van der Waals surface area contributed by atoms with Crippen molar-refractivity contribution in [2.45, 2.75) is 64.5 Å². The average Bonchev–Trinajstić information content (AvgIpc) is 2.53. The second-order valence-electron chi connectivity index (χ2n) is 6.82.